The lowest BCUT2D eigenvalue weighted by Gasteiger charge is -2.40. The third kappa shape index (κ3) is 5.07. The van der Waals surface area contributed by atoms with Crippen molar-refractivity contribution in [3.8, 4) is 5.75 Å². The van der Waals surface area contributed by atoms with E-state index >= 15 is 0 Å². The van der Waals surface area contributed by atoms with Gasteiger partial charge in [-0.3, -0.25) is 0 Å². The van der Waals surface area contributed by atoms with Gasteiger partial charge in [-0.05, 0) is 73.4 Å². The fourth-order valence-corrected chi connectivity index (χ4v) is 5.09. The summed E-state index contributed by atoms with van der Waals surface area (Å²) in [4.78, 5) is 0. The molecule has 0 radical (unpaired) electrons. The van der Waals surface area contributed by atoms with Crippen LogP contribution in [0.25, 0.3) is 0 Å². The first kappa shape index (κ1) is 22.6. The van der Waals surface area contributed by atoms with E-state index in [1.807, 2.05) is 42.5 Å². The van der Waals surface area contributed by atoms with Gasteiger partial charge in [0.25, 0.3) is 0 Å². The first-order chi connectivity index (χ1) is 15.0. The topological polar surface area (TPSA) is 90.2 Å². The van der Waals surface area contributed by atoms with Gasteiger partial charge >= 0.3 is 0 Å². The van der Waals surface area contributed by atoms with E-state index in [9.17, 15) is 20.4 Å². The van der Waals surface area contributed by atoms with Crippen molar-refractivity contribution in [3.63, 3.8) is 0 Å². The Morgan fingerprint density at radius 3 is 2.29 bits per heavy atom. The molecule has 4 rings (SSSR count). The van der Waals surface area contributed by atoms with Gasteiger partial charge in [-0.1, -0.05) is 35.9 Å². The maximum atomic E-state index is 10.5. The molecule has 6 heteroatoms. The third-order valence-corrected chi connectivity index (χ3v) is 7.18. The monoisotopic (exact) mass is 446 g/mol. The van der Waals surface area contributed by atoms with E-state index in [0.29, 0.717) is 24.0 Å². The van der Waals surface area contributed by atoms with Crippen molar-refractivity contribution in [3.05, 3.63) is 64.2 Å². The Labute approximate surface area is 188 Å². The van der Waals surface area contributed by atoms with Crippen LogP contribution in [0.4, 0.5) is 0 Å². The first-order valence-electron chi connectivity index (χ1n) is 11.1. The Morgan fingerprint density at radius 1 is 0.903 bits per heavy atom. The van der Waals surface area contributed by atoms with E-state index in [-0.39, 0.29) is 12.5 Å². The zero-order valence-corrected chi connectivity index (χ0v) is 18.3. The van der Waals surface area contributed by atoms with E-state index in [4.69, 9.17) is 16.3 Å². The molecule has 4 N–H and O–H groups in total. The van der Waals surface area contributed by atoms with Crippen LogP contribution in [-0.2, 0) is 6.42 Å². The second kappa shape index (κ2) is 9.88. The molecule has 0 saturated heterocycles. The van der Waals surface area contributed by atoms with Crippen molar-refractivity contribution >= 4 is 11.6 Å². The van der Waals surface area contributed by atoms with Crippen LogP contribution in [0.15, 0.2) is 42.5 Å². The summed E-state index contributed by atoms with van der Waals surface area (Å²) in [6.45, 7) is -0.239. The van der Waals surface area contributed by atoms with Crippen LogP contribution < -0.4 is 4.74 Å². The second-order valence-electron chi connectivity index (χ2n) is 8.95. The van der Waals surface area contributed by atoms with Crippen LogP contribution in [0.5, 0.6) is 5.75 Å². The van der Waals surface area contributed by atoms with Crippen LogP contribution >= 0.6 is 11.6 Å². The smallest absolute Gasteiger partial charge is 0.119 e. The number of rotatable bonds is 6. The van der Waals surface area contributed by atoms with Crippen LogP contribution in [-0.4, -0.2) is 51.4 Å². The summed E-state index contributed by atoms with van der Waals surface area (Å²) in [5, 5.41) is 41.0. The average Bonchev–Trinajstić information content (AvgIpc) is 3.28. The van der Waals surface area contributed by atoms with Gasteiger partial charge in [0.05, 0.1) is 18.3 Å². The Hall–Kier alpha value is -1.63. The highest BCUT2D eigenvalue weighted by Gasteiger charge is 2.42. The van der Waals surface area contributed by atoms with Crippen molar-refractivity contribution in [1.29, 1.82) is 0 Å². The van der Waals surface area contributed by atoms with Crippen molar-refractivity contribution in [2.45, 2.75) is 68.9 Å². The normalized spacial score (nSPS) is 29.3. The van der Waals surface area contributed by atoms with Crippen molar-refractivity contribution in [2.24, 2.45) is 5.92 Å². The molecule has 0 aliphatic heterocycles. The highest BCUT2D eigenvalue weighted by atomic mass is 35.5. The molecule has 0 bridgehead atoms. The molecule has 0 heterocycles. The molecular weight excluding hydrogens is 416 g/mol. The molecule has 5 nitrogen and oxygen atoms in total. The zero-order valence-electron chi connectivity index (χ0n) is 17.5. The number of hydrogen-bond acceptors (Lipinski definition) is 5. The van der Waals surface area contributed by atoms with Crippen LogP contribution in [0, 0.1) is 5.92 Å². The molecule has 2 aliphatic rings. The highest BCUT2D eigenvalue weighted by molar-refractivity contribution is 6.31. The number of hydrogen-bond donors (Lipinski definition) is 4. The minimum atomic E-state index is -1.29. The van der Waals surface area contributed by atoms with Crippen LogP contribution in [0.3, 0.4) is 0 Å². The van der Waals surface area contributed by atoms with Crippen LogP contribution in [0.2, 0.25) is 5.02 Å². The summed E-state index contributed by atoms with van der Waals surface area (Å²) in [5.41, 5.74) is 2.88. The summed E-state index contributed by atoms with van der Waals surface area (Å²) in [7, 11) is 0. The number of aliphatic hydroxyl groups is 4. The maximum Gasteiger partial charge on any atom is 0.119 e. The predicted molar refractivity (Wildman–Crippen MR) is 120 cm³/mol. The summed E-state index contributed by atoms with van der Waals surface area (Å²) in [5.74, 6) is 0.0344. The molecule has 0 amide bonds. The van der Waals surface area contributed by atoms with Gasteiger partial charge in [0, 0.05) is 23.5 Å². The standard InChI is InChI=1S/C25H31ClO5/c26-22-10-7-16(21-13-18(14-27)23(28)25(30)24(21)29)12-17(22)11-15-5-8-20(9-6-15)31-19-3-1-2-4-19/h5-10,12,18-19,21,23-25,27-30H,1-4,11,13-14H2/t18-,21+,23-,24+,25+/m1/s1. The second-order valence-corrected chi connectivity index (χ2v) is 9.36. The molecule has 168 valence electrons. The molecule has 2 aromatic rings. The minimum Gasteiger partial charge on any atom is -0.490 e. The molecule has 5 atom stereocenters. The summed E-state index contributed by atoms with van der Waals surface area (Å²) < 4.78 is 6.04. The Balaban J connectivity index is 1.49. The van der Waals surface area contributed by atoms with Crippen molar-refractivity contribution in [1.82, 2.24) is 0 Å². The molecule has 2 fully saturated rings. The fraction of sp³-hybridized carbons (Fsp3) is 0.520. The van der Waals surface area contributed by atoms with E-state index in [1.54, 1.807) is 0 Å². The highest BCUT2D eigenvalue weighted by Crippen LogP contribution is 2.38. The molecule has 0 unspecified atom stereocenters. The lowest BCUT2D eigenvalue weighted by Crippen LogP contribution is -2.51. The number of ether oxygens (including phenoxy) is 1. The van der Waals surface area contributed by atoms with E-state index in [2.05, 4.69) is 0 Å². The van der Waals surface area contributed by atoms with Crippen LogP contribution in [0.1, 0.15) is 54.7 Å². The van der Waals surface area contributed by atoms with Gasteiger partial charge in [0.1, 0.15) is 11.9 Å². The number of halogens is 1. The van der Waals surface area contributed by atoms with E-state index < -0.39 is 24.2 Å². The lowest BCUT2D eigenvalue weighted by atomic mass is 9.73. The van der Waals surface area contributed by atoms with Gasteiger partial charge in [0.2, 0.25) is 0 Å². The maximum absolute atomic E-state index is 10.5. The molecule has 2 aromatic carbocycles. The summed E-state index contributed by atoms with van der Waals surface area (Å²) in [6.07, 6.45) is 2.56. The quantitative estimate of drug-likeness (QED) is 0.545. The molecular formula is C25H31ClO5. The predicted octanol–water partition coefficient (Wildman–Crippen LogP) is 3.43. The molecule has 2 saturated carbocycles. The Morgan fingerprint density at radius 2 is 1.61 bits per heavy atom. The summed E-state index contributed by atoms with van der Waals surface area (Å²) in [6, 6.07) is 13.7. The number of benzene rings is 2. The van der Waals surface area contributed by atoms with Gasteiger partial charge in [-0.25, -0.2) is 0 Å². The third-order valence-electron chi connectivity index (χ3n) is 6.81. The average molecular weight is 447 g/mol. The number of aliphatic hydroxyl groups excluding tert-OH is 4. The Bertz CT molecular complexity index is 863. The first-order valence-corrected chi connectivity index (χ1v) is 11.5. The Kier molecular flexibility index (Phi) is 7.19. The SMILES string of the molecule is OC[C@H]1C[C@@H](c2ccc(Cl)c(Cc3ccc(OC4CCCC4)cc3)c2)[C@H](O)[C@@H](O)[C@@H]1O. The summed E-state index contributed by atoms with van der Waals surface area (Å²) >= 11 is 6.46. The van der Waals surface area contributed by atoms with E-state index in [1.165, 1.54) is 12.8 Å². The molecule has 31 heavy (non-hydrogen) atoms. The molecule has 0 aromatic heterocycles. The fourth-order valence-electron chi connectivity index (χ4n) is 4.90. The van der Waals surface area contributed by atoms with Gasteiger partial charge in [-0.15, -0.1) is 0 Å². The van der Waals surface area contributed by atoms with Crippen molar-refractivity contribution < 1.29 is 25.2 Å². The van der Waals surface area contributed by atoms with Gasteiger partial charge < -0.3 is 25.2 Å². The molecule has 2 aliphatic carbocycles. The largest absolute Gasteiger partial charge is 0.490 e. The van der Waals surface area contributed by atoms with E-state index in [0.717, 1.165) is 35.3 Å². The zero-order chi connectivity index (χ0) is 22.0. The minimum absolute atomic E-state index is 0.239. The molecule has 0 spiro atoms. The lowest BCUT2D eigenvalue weighted by molar-refractivity contribution is -0.127. The van der Waals surface area contributed by atoms with Gasteiger partial charge in [-0.2, -0.15) is 0 Å². The van der Waals surface area contributed by atoms with Gasteiger partial charge in [0.15, 0.2) is 0 Å². The van der Waals surface area contributed by atoms with Crippen molar-refractivity contribution in [2.75, 3.05) is 6.61 Å².